The number of alkyl halides is 1. The Morgan fingerprint density at radius 3 is 2.17 bits per heavy atom. The van der Waals surface area contributed by atoms with E-state index in [1.807, 2.05) is 66.7 Å². The Kier molecular flexibility index (Phi) is 3.05. The van der Waals surface area contributed by atoms with Crippen molar-refractivity contribution in [3.05, 3.63) is 72.3 Å². The predicted octanol–water partition coefficient (Wildman–Crippen LogP) is 4.04. The van der Waals surface area contributed by atoms with Gasteiger partial charge in [0.05, 0.1) is 11.4 Å². The van der Waals surface area contributed by atoms with Gasteiger partial charge in [-0.2, -0.15) is 0 Å². The zero-order valence-corrected chi connectivity index (χ0v) is 10.4. The fourth-order valence-electron chi connectivity index (χ4n) is 1.97. The first-order valence-corrected chi connectivity index (χ1v) is 6.21. The van der Waals surface area contributed by atoms with Crippen LogP contribution in [-0.4, -0.2) is 5.56 Å². The molecule has 1 heterocycles. The standard InChI is InChI=1S/C15H12ClNO/c16-15-11-14(12-7-3-1-4-8-12)17(18-15)13-9-5-2-6-10-13/h1-11,15H. The summed E-state index contributed by atoms with van der Waals surface area (Å²) in [7, 11) is 0. The lowest BCUT2D eigenvalue weighted by molar-refractivity contribution is 0.157. The molecule has 0 bridgehead atoms. The van der Waals surface area contributed by atoms with E-state index in [1.165, 1.54) is 0 Å². The fraction of sp³-hybridized carbons (Fsp3) is 0.0667. The second kappa shape index (κ2) is 4.84. The largest absolute Gasteiger partial charge is 0.245 e. The summed E-state index contributed by atoms with van der Waals surface area (Å²) >= 11 is 6.06. The molecule has 3 heteroatoms. The molecule has 0 aliphatic carbocycles. The number of hydrogen-bond acceptors (Lipinski definition) is 2. The van der Waals surface area contributed by atoms with Crippen molar-refractivity contribution in [2.75, 3.05) is 5.06 Å². The molecule has 1 aliphatic rings. The molecule has 0 spiro atoms. The molecule has 0 radical (unpaired) electrons. The molecule has 0 fully saturated rings. The highest BCUT2D eigenvalue weighted by Gasteiger charge is 2.25. The average Bonchev–Trinajstić information content (AvgIpc) is 2.83. The topological polar surface area (TPSA) is 12.5 Å². The summed E-state index contributed by atoms with van der Waals surface area (Å²) in [6, 6.07) is 20.0. The molecule has 0 saturated heterocycles. The number of anilines is 1. The lowest BCUT2D eigenvalue weighted by atomic mass is 10.1. The van der Waals surface area contributed by atoms with E-state index in [2.05, 4.69) is 0 Å². The number of hydrogen-bond donors (Lipinski definition) is 0. The zero-order valence-electron chi connectivity index (χ0n) is 9.66. The number of hydroxylamine groups is 1. The molecule has 2 aromatic carbocycles. The van der Waals surface area contributed by atoms with Crippen molar-refractivity contribution in [1.82, 2.24) is 0 Å². The van der Waals surface area contributed by atoms with Gasteiger partial charge < -0.3 is 0 Å². The van der Waals surface area contributed by atoms with Crippen LogP contribution in [0.25, 0.3) is 5.70 Å². The first kappa shape index (κ1) is 11.3. The van der Waals surface area contributed by atoms with E-state index < -0.39 is 5.56 Å². The first-order chi connectivity index (χ1) is 8.84. The smallest absolute Gasteiger partial charge is 0.180 e. The van der Waals surface area contributed by atoms with Crippen LogP contribution in [0.2, 0.25) is 0 Å². The minimum Gasteiger partial charge on any atom is -0.245 e. The molecule has 1 atom stereocenters. The van der Waals surface area contributed by atoms with Crippen molar-refractivity contribution in [1.29, 1.82) is 0 Å². The monoisotopic (exact) mass is 257 g/mol. The van der Waals surface area contributed by atoms with Crippen molar-refractivity contribution in [3.63, 3.8) is 0 Å². The summed E-state index contributed by atoms with van der Waals surface area (Å²) in [6.45, 7) is 0. The van der Waals surface area contributed by atoms with Crippen LogP contribution in [0.5, 0.6) is 0 Å². The van der Waals surface area contributed by atoms with Gasteiger partial charge in [-0.25, -0.2) is 9.90 Å². The van der Waals surface area contributed by atoms with Gasteiger partial charge in [0.15, 0.2) is 5.56 Å². The van der Waals surface area contributed by atoms with Crippen molar-refractivity contribution < 1.29 is 4.84 Å². The van der Waals surface area contributed by atoms with Crippen molar-refractivity contribution >= 4 is 23.0 Å². The van der Waals surface area contributed by atoms with E-state index in [4.69, 9.17) is 16.4 Å². The third-order valence-electron chi connectivity index (χ3n) is 2.77. The molecule has 1 unspecified atom stereocenters. The Bertz CT molecular complexity index is 553. The minimum absolute atomic E-state index is 0.430. The molecule has 18 heavy (non-hydrogen) atoms. The maximum Gasteiger partial charge on any atom is 0.180 e. The van der Waals surface area contributed by atoms with Crippen LogP contribution in [0, 0.1) is 0 Å². The van der Waals surface area contributed by atoms with Crippen molar-refractivity contribution in [2.45, 2.75) is 5.56 Å². The van der Waals surface area contributed by atoms with Gasteiger partial charge in [0, 0.05) is 5.56 Å². The van der Waals surface area contributed by atoms with Crippen LogP contribution in [0.1, 0.15) is 5.56 Å². The first-order valence-electron chi connectivity index (χ1n) is 5.78. The van der Waals surface area contributed by atoms with E-state index >= 15 is 0 Å². The van der Waals surface area contributed by atoms with Gasteiger partial charge >= 0.3 is 0 Å². The molecule has 2 nitrogen and oxygen atoms in total. The van der Waals surface area contributed by atoms with Crippen LogP contribution in [0.3, 0.4) is 0 Å². The molecular weight excluding hydrogens is 246 g/mol. The highest BCUT2D eigenvalue weighted by atomic mass is 35.5. The van der Waals surface area contributed by atoms with E-state index in [0.29, 0.717) is 0 Å². The van der Waals surface area contributed by atoms with Gasteiger partial charge in [0.2, 0.25) is 0 Å². The molecule has 3 rings (SSSR count). The molecule has 2 aromatic rings. The van der Waals surface area contributed by atoms with Crippen LogP contribution < -0.4 is 5.06 Å². The predicted molar refractivity (Wildman–Crippen MR) is 74.1 cm³/mol. The van der Waals surface area contributed by atoms with E-state index in [1.54, 1.807) is 5.06 Å². The van der Waals surface area contributed by atoms with Gasteiger partial charge in [-0.3, -0.25) is 0 Å². The third-order valence-corrected chi connectivity index (χ3v) is 2.98. The normalized spacial score (nSPS) is 18.8. The molecule has 0 amide bonds. The maximum atomic E-state index is 6.06. The summed E-state index contributed by atoms with van der Waals surface area (Å²) in [4.78, 5) is 5.62. The Hall–Kier alpha value is -1.77. The number of halogens is 1. The van der Waals surface area contributed by atoms with E-state index in [9.17, 15) is 0 Å². The van der Waals surface area contributed by atoms with E-state index in [0.717, 1.165) is 16.9 Å². The van der Waals surface area contributed by atoms with Gasteiger partial charge in [-0.05, 0) is 18.2 Å². The lowest BCUT2D eigenvalue weighted by Gasteiger charge is -2.21. The average molecular weight is 258 g/mol. The minimum atomic E-state index is -0.430. The molecule has 90 valence electrons. The van der Waals surface area contributed by atoms with Gasteiger partial charge in [-0.1, -0.05) is 60.1 Å². The fourth-order valence-corrected chi connectivity index (χ4v) is 2.16. The SMILES string of the molecule is ClC1C=C(c2ccccc2)N(c2ccccc2)O1. The maximum absolute atomic E-state index is 6.06. The highest BCUT2D eigenvalue weighted by molar-refractivity contribution is 6.22. The molecular formula is C15H12ClNO. The second-order valence-electron chi connectivity index (χ2n) is 4.00. The molecule has 0 N–H and O–H groups in total. The number of para-hydroxylation sites is 1. The summed E-state index contributed by atoms with van der Waals surface area (Å²) in [5.41, 5.74) is 2.60. The summed E-state index contributed by atoms with van der Waals surface area (Å²) in [5, 5.41) is 1.77. The summed E-state index contributed by atoms with van der Waals surface area (Å²) in [5.74, 6) is 0. The summed E-state index contributed by atoms with van der Waals surface area (Å²) < 4.78 is 0. The summed E-state index contributed by atoms with van der Waals surface area (Å²) in [6.07, 6.45) is 1.91. The number of benzene rings is 2. The molecule has 1 aliphatic heterocycles. The number of rotatable bonds is 2. The third kappa shape index (κ3) is 2.13. The lowest BCUT2D eigenvalue weighted by Crippen LogP contribution is -2.17. The van der Waals surface area contributed by atoms with Crippen LogP contribution in [-0.2, 0) is 4.84 Å². The van der Waals surface area contributed by atoms with Crippen molar-refractivity contribution in [3.8, 4) is 0 Å². The van der Waals surface area contributed by atoms with Crippen LogP contribution in [0.15, 0.2) is 66.7 Å². The van der Waals surface area contributed by atoms with Gasteiger partial charge in [-0.15, -0.1) is 0 Å². The van der Waals surface area contributed by atoms with Crippen LogP contribution in [0.4, 0.5) is 5.69 Å². The Morgan fingerprint density at radius 2 is 1.50 bits per heavy atom. The molecule has 0 saturated carbocycles. The van der Waals surface area contributed by atoms with Crippen molar-refractivity contribution in [2.24, 2.45) is 0 Å². The van der Waals surface area contributed by atoms with Crippen LogP contribution >= 0.6 is 11.6 Å². The Labute approximate surface area is 111 Å². The number of nitrogens with zero attached hydrogens (tertiary/aromatic N) is 1. The second-order valence-corrected chi connectivity index (χ2v) is 4.43. The Morgan fingerprint density at radius 1 is 0.889 bits per heavy atom. The van der Waals surface area contributed by atoms with Gasteiger partial charge in [0.25, 0.3) is 0 Å². The highest BCUT2D eigenvalue weighted by Crippen LogP contribution is 2.33. The quantitative estimate of drug-likeness (QED) is 0.753. The Balaban J connectivity index is 1.99. The zero-order chi connectivity index (χ0) is 12.4. The van der Waals surface area contributed by atoms with Gasteiger partial charge in [0.1, 0.15) is 0 Å². The molecule has 0 aromatic heterocycles. The van der Waals surface area contributed by atoms with E-state index in [-0.39, 0.29) is 0 Å².